The first kappa shape index (κ1) is 17.3. The van der Waals surface area contributed by atoms with Crippen molar-refractivity contribution in [2.45, 2.75) is 38.1 Å². The van der Waals surface area contributed by atoms with E-state index in [1.54, 1.807) is 6.07 Å². The van der Waals surface area contributed by atoms with Crippen LogP contribution in [0.25, 0.3) is 0 Å². The maximum Gasteiger partial charge on any atom is 0.260 e. The Labute approximate surface area is 153 Å². The first-order valence-electron chi connectivity index (χ1n) is 9.60. The third-order valence-corrected chi connectivity index (χ3v) is 5.20. The lowest BCUT2D eigenvalue weighted by atomic mass is 10.1. The van der Waals surface area contributed by atoms with Gasteiger partial charge in [0.15, 0.2) is 6.61 Å². The molecule has 3 aliphatic rings. The summed E-state index contributed by atoms with van der Waals surface area (Å²) in [6, 6.07) is 7.63. The Morgan fingerprint density at radius 1 is 1.19 bits per heavy atom. The van der Waals surface area contributed by atoms with E-state index in [1.165, 1.54) is 0 Å². The average molecular weight is 358 g/mol. The van der Waals surface area contributed by atoms with Crippen LogP contribution in [0, 0.1) is 11.8 Å². The third-order valence-electron chi connectivity index (χ3n) is 5.20. The lowest BCUT2D eigenvalue weighted by molar-refractivity contribution is -0.134. The molecular weight excluding hydrogens is 332 g/mol. The molecule has 0 aromatic heterocycles. The van der Waals surface area contributed by atoms with Gasteiger partial charge in [0.25, 0.3) is 5.91 Å². The number of nitrogens with zero attached hydrogens (tertiary/aromatic N) is 1. The molecular formula is C20H26N2O4. The minimum absolute atomic E-state index is 0.0318. The van der Waals surface area contributed by atoms with Gasteiger partial charge in [-0.25, -0.2) is 0 Å². The molecule has 1 aromatic rings. The standard InChI is InChI=1S/C20H26N2O4/c23-19(22(17-6-7-17)11-14-8-9-25-12-14)13-26-18-3-1-2-16(10-18)21-20(24)15-4-5-15/h1-3,10,14-15,17H,4-9,11-13H2,(H,21,24). The predicted octanol–water partition coefficient (Wildman–Crippen LogP) is 2.44. The summed E-state index contributed by atoms with van der Waals surface area (Å²) in [7, 11) is 0. The highest BCUT2D eigenvalue weighted by atomic mass is 16.5. The molecule has 3 fully saturated rings. The summed E-state index contributed by atoms with van der Waals surface area (Å²) in [4.78, 5) is 26.5. The van der Waals surface area contributed by atoms with E-state index in [0.29, 0.717) is 23.4 Å². The molecule has 1 aliphatic heterocycles. The molecule has 2 saturated carbocycles. The van der Waals surface area contributed by atoms with Gasteiger partial charge in [-0.05, 0) is 44.2 Å². The zero-order valence-electron chi connectivity index (χ0n) is 15.0. The zero-order chi connectivity index (χ0) is 17.9. The van der Waals surface area contributed by atoms with Crippen LogP contribution in [0.2, 0.25) is 0 Å². The molecule has 2 aliphatic carbocycles. The fraction of sp³-hybridized carbons (Fsp3) is 0.600. The van der Waals surface area contributed by atoms with E-state index >= 15 is 0 Å². The lowest BCUT2D eigenvalue weighted by Crippen LogP contribution is -2.40. The third kappa shape index (κ3) is 4.55. The number of ether oxygens (including phenoxy) is 2. The highest BCUT2D eigenvalue weighted by Gasteiger charge is 2.35. The number of carbonyl (C=O) groups is 2. The fourth-order valence-electron chi connectivity index (χ4n) is 3.33. The Hall–Kier alpha value is -2.08. The van der Waals surface area contributed by atoms with Gasteiger partial charge < -0.3 is 19.7 Å². The Morgan fingerprint density at radius 3 is 2.73 bits per heavy atom. The second kappa shape index (κ2) is 7.66. The van der Waals surface area contributed by atoms with E-state index in [-0.39, 0.29) is 24.3 Å². The predicted molar refractivity (Wildman–Crippen MR) is 97.0 cm³/mol. The Balaban J connectivity index is 1.30. The lowest BCUT2D eigenvalue weighted by Gasteiger charge is -2.25. The molecule has 1 aromatic carbocycles. The Kier molecular flexibility index (Phi) is 5.11. The summed E-state index contributed by atoms with van der Waals surface area (Å²) in [5.41, 5.74) is 0.717. The molecule has 1 atom stereocenters. The number of amides is 2. The topological polar surface area (TPSA) is 67.9 Å². The van der Waals surface area contributed by atoms with E-state index < -0.39 is 0 Å². The summed E-state index contributed by atoms with van der Waals surface area (Å²) in [6.45, 7) is 2.35. The van der Waals surface area contributed by atoms with Crippen LogP contribution in [-0.4, -0.2) is 49.1 Å². The van der Waals surface area contributed by atoms with Gasteiger partial charge in [-0.1, -0.05) is 6.07 Å². The average Bonchev–Trinajstić information content (AvgIpc) is 3.57. The molecule has 1 heterocycles. The van der Waals surface area contributed by atoms with E-state index in [9.17, 15) is 9.59 Å². The Morgan fingerprint density at radius 2 is 2.04 bits per heavy atom. The van der Waals surface area contributed by atoms with Crippen LogP contribution in [0.15, 0.2) is 24.3 Å². The summed E-state index contributed by atoms with van der Waals surface area (Å²) in [5.74, 6) is 1.31. The molecule has 6 heteroatoms. The van der Waals surface area contributed by atoms with Crippen molar-refractivity contribution in [2.24, 2.45) is 11.8 Å². The first-order chi connectivity index (χ1) is 12.7. The van der Waals surface area contributed by atoms with Gasteiger partial charge in [-0.15, -0.1) is 0 Å². The van der Waals surface area contributed by atoms with Crippen LogP contribution in [0.4, 0.5) is 5.69 Å². The molecule has 4 rings (SSSR count). The van der Waals surface area contributed by atoms with Gasteiger partial charge in [-0.3, -0.25) is 9.59 Å². The second-order valence-electron chi connectivity index (χ2n) is 7.59. The molecule has 0 spiro atoms. The number of anilines is 1. The summed E-state index contributed by atoms with van der Waals surface area (Å²) >= 11 is 0. The molecule has 26 heavy (non-hydrogen) atoms. The van der Waals surface area contributed by atoms with Crippen molar-refractivity contribution >= 4 is 17.5 Å². The SMILES string of the molecule is O=C(Nc1cccc(OCC(=O)N(CC2CCOC2)C2CC2)c1)C1CC1. The van der Waals surface area contributed by atoms with E-state index in [4.69, 9.17) is 9.47 Å². The van der Waals surface area contributed by atoms with Crippen LogP contribution < -0.4 is 10.1 Å². The normalized spacial score (nSPS) is 22.1. The molecule has 1 unspecified atom stereocenters. The Bertz CT molecular complexity index is 664. The van der Waals surface area contributed by atoms with E-state index in [1.807, 2.05) is 23.1 Å². The molecule has 1 N–H and O–H groups in total. The highest BCUT2D eigenvalue weighted by Crippen LogP contribution is 2.31. The van der Waals surface area contributed by atoms with Crippen molar-refractivity contribution in [3.05, 3.63) is 24.3 Å². The first-order valence-corrected chi connectivity index (χ1v) is 9.60. The summed E-state index contributed by atoms with van der Waals surface area (Å²) in [6.07, 6.45) is 5.14. The van der Waals surface area contributed by atoms with Crippen molar-refractivity contribution in [1.82, 2.24) is 4.90 Å². The fourth-order valence-corrected chi connectivity index (χ4v) is 3.33. The molecule has 0 radical (unpaired) electrons. The van der Waals surface area contributed by atoms with Crippen molar-refractivity contribution in [3.63, 3.8) is 0 Å². The molecule has 2 amide bonds. The second-order valence-corrected chi connectivity index (χ2v) is 7.59. The zero-order valence-corrected chi connectivity index (χ0v) is 15.0. The van der Waals surface area contributed by atoms with Crippen LogP contribution in [0.5, 0.6) is 5.75 Å². The number of carbonyl (C=O) groups excluding carboxylic acids is 2. The maximum atomic E-state index is 12.6. The van der Waals surface area contributed by atoms with Crippen LogP contribution in [0.3, 0.4) is 0 Å². The van der Waals surface area contributed by atoms with E-state index in [2.05, 4.69) is 5.32 Å². The highest BCUT2D eigenvalue weighted by molar-refractivity contribution is 5.94. The van der Waals surface area contributed by atoms with Gasteiger partial charge >= 0.3 is 0 Å². The van der Waals surface area contributed by atoms with Crippen LogP contribution in [-0.2, 0) is 14.3 Å². The van der Waals surface area contributed by atoms with Gasteiger partial charge in [0, 0.05) is 42.8 Å². The monoisotopic (exact) mass is 358 g/mol. The molecule has 0 bridgehead atoms. The number of hydrogen-bond acceptors (Lipinski definition) is 4. The van der Waals surface area contributed by atoms with Crippen molar-refractivity contribution in [1.29, 1.82) is 0 Å². The quantitative estimate of drug-likeness (QED) is 0.775. The summed E-state index contributed by atoms with van der Waals surface area (Å²) in [5, 5.41) is 2.90. The molecule has 1 saturated heterocycles. The molecule has 140 valence electrons. The van der Waals surface area contributed by atoms with Crippen LogP contribution >= 0.6 is 0 Å². The number of rotatable bonds is 8. The maximum absolute atomic E-state index is 12.6. The van der Waals surface area contributed by atoms with Gasteiger partial charge in [-0.2, -0.15) is 0 Å². The minimum Gasteiger partial charge on any atom is -0.484 e. The minimum atomic E-state index is 0.0318. The largest absolute Gasteiger partial charge is 0.484 e. The molecule has 6 nitrogen and oxygen atoms in total. The number of benzene rings is 1. The summed E-state index contributed by atoms with van der Waals surface area (Å²) < 4.78 is 11.1. The number of hydrogen-bond donors (Lipinski definition) is 1. The smallest absolute Gasteiger partial charge is 0.260 e. The van der Waals surface area contributed by atoms with Crippen molar-refractivity contribution < 1.29 is 19.1 Å². The van der Waals surface area contributed by atoms with Gasteiger partial charge in [0.1, 0.15) is 5.75 Å². The van der Waals surface area contributed by atoms with Crippen LogP contribution in [0.1, 0.15) is 32.1 Å². The van der Waals surface area contributed by atoms with Gasteiger partial charge in [0.2, 0.25) is 5.91 Å². The number of nitrogens with one attached hydrogen (secondary N) is 1. The van der Waals surface area contributed by atoms with Crippen molar-refractivity contribution in [3.8, 4) is 5.75 Å². The van der Waals surface area contributed by atoms with Crippen molar-refractivity contribution in [2.75, 3.05) is 31.7 Å². The van der Waals surface area contributed by atoms with Gasteiger partial charge in [0.05, 0.1) is 6.61 Å². The van der Waals surface area contributed by atoms with E-state index in [0.717, 1.165) is 51.9 Å².